The molecule has 2 aromatic rings. The summed E-state index contributed by atoms with van der Waals surface area (Å²) in [7, 11) is 3.45. The quantitative estimate of drug-likeness (QED) is 0.439. The van der Waals surface area contributed by atoms with Crippen LogP contribution < -0.4 is 15.0 Å². The number of halogens is 1. The summed E-state index contributed by atoms with van der Waals surface area (Å²) in [6, 6.07) is 15.4. The van der Waals surface area contributed by atoms with Crippen LogP contribution in [0.3, 0.4) is 0 Å². The number of fused-ring (bicyclic) bond motifs is 1. The predicted molar refractivity (Wildman–Crippen MR) is 120 cm³/mol. The third-order valence-corrected chi connectivity index (χ3v) is 5.83. The van der Waals surface area contributed by atoms with Gasteiger partial charge in [0.25, 0.3) is 5.91 Å². The standard InChI is InChI=1S/C20H22ClN3O2S2/c1-23(2)19(25)18-13-24(16-5-3-4-6-17(16)26-18)20(27)22-11-12-28-15-9-7-14(21)8-10-15/h3-10,18H,11-13H2,1-2H3,(H,22,27). The Bertz CT molecular complexity index is 846. The van der Waals surface area contributed by atoms with Gasteiger partial charge in [-0.05, 0) is 48.6 Å². The molecular formula is C20H22ClN3O2S2. The Morgan fingerprint density at radius 1 is 1.29 bits per heavy atom. The Balaban J connectivity index is 1.61. The third kappa shape index (κ3) is 5.10. The van der Waals surface area contributed by atoms with Gasteiger partial charge in [-0.1, -0.05) is 23.7 Å². The Morgan fingerprint density at radius 3 is 2.71 bits per heavy atom. The highest BCUT2D eigenvalue weighted by atomic mass is 35.5. The topological polar surface area (TPSA) is 44.8 Å². The summed E-state index contributed by atoms with van der Waals surface area (Å²) in [5.74, 6) is 1.43. The average Bonchev–Trinajstić information content (AvgIpc) is 2.70. The van der Waals surface area contributed by atoms with E-state index in [-0.39, 0.29) is 5.91 Å². The molecule has 0 aromatic heterocycles. The van der Waals surface area contributed by atoms with Crippen LogP contribution in [0.1, 0.15) is 0 Å². The maximum atomic E-state index is 12.4. The van der Waals surface area contributed by atoms with Crippen LogP contribution >= 0.6 is 35.6 Å². The summed E-state index contributed by atoms with van der Waals surface area (Å²) in [6.07, 6.45) is -0.590. The van der Waals surface area contributed by atoms with E-state index in [1.54, 1.807) is 25.9 Å². The number of para-hydroxylation sites is 2. The zero-order valence-corrected chi connectivity index (χ0v) is 18.1. The van der Waals surface area contributed by atoms with Crippen LogP contribution in [0.5, 0.6) is 5.75 Å². The fourth-order valence-electron chi connectivity index (χ4n) is 2.80. The van der Waals surface area contributed by atoms with E-state index in [1.165, 1.54) is 4.90 Å². The Kier molecular flexibility index (Phi) is 7.04. The maximum Gasteiger partial charge on any atom is 0.265 e. The molecule has 0 saturated carbocycles. The highest BCUT2D eigenvalue weighted by Gasteiger charge is 2.33. The predicted octanol–water partition coefficient (Wildman–Crippen LogP) is 3.66. The largest absolute Gasteiger partial charge is 0.476 e. The molecule has 0 aliphatic carbocycles. The summed E-state index contributed by atoms with van der Waals surface area (Å²) in [6.45, 7) is 1.09. The lowest BCUT2D eigenvalue weighted by Gasteiger charge is -2.36. The zero-order chi connectivity index (χ0) is 20.1. The highest BCUT2D eigenvalue weighted by Crippen LogP contribution is 2.33. The molecule has 3 rings (SSSR count). The van der Waals surface area contributed by atoms with Crippen molar-refractivity contribution in [1.29, 1.82) is 0 Å². The van der Waals surface area contributed by atoms with Crippen LogP contribution in [0.2, 0.25) is 5.02 Å². The van der Waals surface area contributed by atoms with Gasteiger partial charge < -0.3 is 19.9 Å². The van der Waals surface area contributed by atoms with Crippen LogP contribution in [-0.2, 0) is 4.79 Å². The van der Waals surface area contributed by atoms with Crippen molar-refractivity contribution < 1.29 is 9.53 Å². The molecule has 28 heavy (non-hydrogen) atoms. The minimum Gasteiger partial charge on any atom is -0.476 e. The monoisotopic (exact) mass is 435 g/mol. The fourth-order valence-corrected chi connectivity index (χ4v) is 3.97. The Labute approximate surface area is 180 Å². The number of nitrogens with zero attached hydrogens (tertiary/aromatic N) is 2. The molecule has 0 bridgehead atoms. The molecule has 0 saturated heterocycles. The molecule has 0 radical (unpaired) electrons. The molecule has 1 amide bonds. The van der Waals surface area contributed by atoms with Crippen molar-refractivity contribution >= 4 is 52.3 Å². The van der Waals surface area contributed by atoms with Crippen LogP contribution in [0.25, 0.3) is 0 Å². The van der Waals surface area contributed by atoms with E-state index in [4.69, 9.17) is 28.6 Å². The van der Waals surface area contributed by atoms with E-state index in [1.807, 2.05) is 53.4 Å². The van der Waals surface area contributed by atoms with Gasteiger partial charge in [0.15, 0.2) is 11.2 Å². The first-order valence-electron chi connectivity index (χ1n) is 8.86. The number of amides is 1. The molecular weight excluding hydrogens is 414 g/mol. The summed E-state index contributed by atoms with van der Waals surface area (Å²) in [4.78, 5) is 17.0. The molecule has 148 valence electrons. The van der Waals surface area contributed by atoms with E-state index in [0.29, 0.717) is 24.0 Å². The van der Waals surface area contributed by atoms with Crippen molar-refractivity contribution in [3.05, 3.63) is 53.6 Å². The first kappa shape index (κ1) is 20.8. The molecule has 8 heteroatoms. The van der Waals surface area contributed by atoms with E-state index >= 15 is 0 Å². The lowest BCUT2D eigenvalue weighted by Crippen LogP contribution is -2.53. The lowest BCUT2D eigenvalue weighted by molar-refractivity contribution is -0.135. The number of rotatable bonds is 5. The Morgan fingerprint density at radius 2 is 2.00 bits per heavy atom. The number of benzene rings is 2. The molecule has 0 fully saturated rings. The second kappa shape index (κ2) is 9.49. The molecule has 1 N–H and O–H groups in total. The normalized spacial score (nSPS) is 15.4. The van der Waals surface area contributed by atoms with Gasteiger partial charge in [-0.15, -0.1) is 11.8 Å². The van der Waals surface area contributed by atoms with Crippen LogP contribution in [-0.4, -0.2) is 55.0 Å². The number of hydrogen-bond donors (Lipinski definition) is 1. The fraction of sp³-hybridized carbons (Fsp3) is 0.300. The second-order valence-electron chi connectivity index (χ2n) is 6.45. The lowest BCUT2D eigenvalue weighted by atomic mass is 10.2. The van der Waals surface area contributed by atoms with Crippen molar-refractivity contribution in [1.82, 2.24) is 10.2 Å². The molecule has 1 heterocycles. The number of hydrogen-bond acceptors (Lipinski definition) is 4. The smallest absolute Gasteiger partial charge is 0.265 e. The summed E-state index contributed by atoms with van der Waals surface area (Å²) in [5.41, 5.74) is 0.869. The van der Waals surface area contributed by atoms with Crippen molar-refractivity contribution in [3.8, 4) is 5.75 Å². The molecule has 1 aliphatic heterocycles. The van der Waals surface area contributed by atoms with E-state index in [0.717, 1.165) is 21.4 Å². The second-order valence-corrected chi connectivity index (χ2v) is 8.44. The SMILES string of the molecule is CN(C)C(=O)C1CN(C(=S)NCCSc2ccc(Cl)cc2)c2ccccc2O1. The number of carbonyl (C=O) groups is 1. The number of ether oxygens (including phenoxy) is 1. The van der Waals surface area contributed by atoms with Crippen molar-refractivity contribution in [3.63, 3.8) is 0 Å². The number of carbonyl (C=O) groups excluding carboxylic acids is 1. The van der Waals surface area contributed by atoms with E-state index in [2.05, 4.69) is 5.32 Å². The van der Waals surface area contributed by atoms with E-state index in [9.17, 15) is 4.79 Å². The van der Waals surface area contributed by atoms with Crippen LogP contribution in [0, 0.1) is 0 Å². The molecule has 2 aromatic carbocycles. The zero-order valence-electron chi connectivity index (χ0n) is 15.7. The molecule has 1 unspecified atom stereocenters. The Hall–Kier alpha value is -1.96. The molecule has 0 spiro atoms. The van der Waals surface area contributed by atoms with Crippen molar-refractivity contribution in [2.45, 2.75) is 11.0 Å². The molecule has 5 nitrogen and oxygen atoms in total. The van der Waals surface area contributed by atoms with E-state index < -0.39 is 6.10 Å². The average molecular weight is 436 g/mol. The maximum absolute atomic E-state index is 12.4. The van der Waals surface area contributed by atoms with Crippen LogP contribution in [0.15, 0.2) is 53.4 Å². The number of likely N-dealkylation sites (N-methyl/N-ethyl adjacent to an activating group) is 1. The van der Waals surface area contributed by atoms with Gasteiger partial charge in [0.1, 0.15) is 5.75 Å². The first-order valence-corrected chi connectivity index (χ1v) is 10.6. The van der Waals surface area contributed by atoms with Gasteiger partial charge in [0, 0.05) is 36.3 Å². The third-order valence-electron chi connectivity index (χ3n) is 4.20. The van der Waals surface area contributed by atoms with Gasteiger partial charge in [0.05, 0.1) is 12.2 Å². The minimum absolute atomic E-state index is 0.0828. The van der Waals surface area contributed by atoms with Gasteiger partial charge in [-0.2, -0.15) is 0 Å². The van der Waals surface area contributed by atoms with Gasteiger partial charge in [-0.3, -0.25) is 4.79 Å². The number of nitrogens with one attached hydrogen (secondary N) is 1. The highest BCUT2D eigenvalue weighted by molar-refractivity contribution is 7.99. The number of anilines is 1. The first-order chi connectivity index (χ1) is 13.5. The van der Waals surface area contributed by atoms with Gasteiger partial charge in [-0.25, -0.2) is 0 Å². The van der Waals surface area contributed by atoms with Crippen molar-refractivity contribution in [2.75, 3.05) is 37.8 Å². The molecule has 1 atom stereocenters. The van der Waals surface area contributed by atoms with Gasteiger partial charge >= 0.3 is 0 Å². The summed E-state index contributed by atoms with van der Waals surface area (Å²) >= 11 is 13.3. The van der Waals surface area contributed by atoms with Gasteiger partial charge in [0.2, 0.25) is 0 Å². The van der Waals surface area contributed by atoms with Crippen molar-refractivity contribution in [2.24, 2.45) is 0 Å². The minimum atomic E-state index is -0.590. The van der Waals surface area contributed by atoms with Crippen LogP contribution in [0.4, 0.5) is 5.69 Å². The summed E-state index contributed by atoms with van der Waals surface area (Å²) < 4.78 is 5.89. The number of thioether (sulfide) groups is 1. The number of thiocarbonyl (C=S) groups is 1. The molecule has 1 aliphatic rings. The summed E-state index contributed by atoms with van der Waals surface area (Å²) in [5, 5.41) is 4.61.